The van der Waals surface area contributed by atoms with Crippen molar-refractivity contribution in [2.24, 2.45) is 5.73 Å². The van der Waals surface area contributed by atoms with Crippen molar-refractivity contribution in [3.63, 3.8) is 0 Å². The molecule has 1 amide bonds. The van der Waals surface area contributed by atoms with E-state index < -0.39 is 0 Å². The molecule has 0 aliphatic carbocycles. The van der Waals surface area contributed by atoms with Crippen LogP contribution in [0.25, 0.3) is 0 Å². The third kappa shape index (κ3) is 4.62. The number of amides is 1. The number of rotatable bonds is 6. The summed E-state index contributed by atoms with van der Waals surface area (Å²) < 4.78 is 5.41. The Kier molecular flexibility index (Phi) is 5.65. The van der Waals surface area contributed by atoms with Crippen molar-refractivity contribution in [3.05, 3.63) is 0 Å². The summed E-state index contributed by atoms with van der Waals surface area (Å²) in [6.07, 6.45) is 5.20. The fourth-order valence-electron chi connectivity index (χ4n) is 1.71. The van der Waals surface area contributed by atoms with E-state index >= 15 is 0 Å². The average Bonchev–Trinajstić information content (AvgIpc) is 2.75. The molecule has 0 bridgehead atoms. The Morgan fingerprint density at radius 1 is 1.67 bits per heavy atom. The van der Waals surface area contributed by atoms with Gasteiger partial charge in [-0.1, -0.05) is 19.8 Å². The molecule has 0 aromatic carbocycles. The van der Waals surface area contributed by atoms with E-state index in [9.17, 15) is 4.79 Å². The Morgan fingerprint density at radius 3 is 3.07 bits per heavy atom. The predicted octanol–water partition coefficient (Wildman–Crippen LogP) is 0.799. The van der Waals surface area contributed by atoms with Crippen LogP contribution in [0.15, 0.2) is 0 Å². The smallest absolute Gasteiger partial charge is 0.237 e. The van der Waals surface area contributed by atoms with E-state index in [4.69, 9.17) is 10.5 Å². The maximum atomic E-state index is 11.5. The first-order valence-corrected chi connectivity index (χ1v) is 5.89. The molecule has 1 unspecified atom stereocenters. The molecule has 4 heteroatoms. The Morgan fingerprint density at radius 2 is 2.47 bits per heavy atom. The minimum absolute atomic E-state index is 0.0426. The number of carbonyl (C=O) groups is 1. The van der Waals surface area contributed by atoms with Crippen LogP contribution in [0.5, 0.6) is 0 Å². The van der Waals surface area contributed by atoms with Crippen molar-refractivity contribution in [1.82, 2.24) is 5.32 Å². The van der Waals surface area contributed by atoms with Crippen LogP contribution in [0.4, 0.5) is 0 Å². The van der Waals surface area contributed by atoms with E-state index in [1.54, 1.807) is 0 Å². The first kappa shape index (κ1) is 12.5. The molecule has 15 heavy (non-hydrogen) atoms. The summed E-state index contributed by atoms with van der Waals surface area (Å²) >= 11 is 0. The number of hydrogen-bond acceptors (Lipinski definition) is 3. The summed E-state index contributed by atoms with van der Waals surface area (Å²) in [6.45, 7) is 3.53. The van der Waals surface area contributed by atoms with Gasteiger partial charge in [0, 0.05) is 13.2 Å². The van der Waals surface area contributed by atoms with Gasteiger partial charge in [-0.15, -0.1) is 0 Å². The maximum Gasteiger partial charge on any atom is 0.237 e. The third-order valence-electron chi connectivity index (χ3n) is 2.73. The quantitative estimate of drug-likeness (QED) is 0.687. The second-order valence-electron chi connectivity index (χ2n) is 4.13. The molecule has 4 nitrogen and oxygen atoms in total. The lowest BCUT2D eigenvalue weighted by Gasteiger charge is -2.14. The second-order valence-corrected chi connectivity index (χ2v) is 4.13. The molecule has 1 rings (SSSR count). The summed E-state index contributed by atoms with van der Waals surface area (Å²) in [4.78, 5) is 11.5. The van der Waals surface area contributed by atoms with Gasteiger partial charge < -0.3 is 15.8 Å². The number of ether oxygens (including phenoxy) is 1. The van der Waals surface area contributed by atoms with Gasteiger partial charge in [-0.2, -0.15) is 0 Å². The lowest BCUT2D eigenvalue weighted by molar-refractivity contribution is -0.123. The van der Waals surface area contributed by atoms with Crippen molar-refractivity contribution in [2.45, 2.75) is 51.2 Å². The molecule has 2 atom stereocenters. The van der Waals surface area contributed by atoms with Crippen LogP contribution in [-0.4, -0.2) is 31.2 Å². The molecule has 0 saturated carbocycles. The molecule has 0 spiro atoms. The first-order valence-electron chi connectivity index (χ1n) is 5.89. The Balaban J connectivity index is 2.11. The van der Waals surface area contributed by atoms with E-state index in [2.05, 4.69) is 12.2 Å². The molecule has 88 valence electrons. The molecular weight excluding hydrogens is 192 g/mol. The van der Waals surface area contributed by atoms with Crippen LogP contribution in [0.3, 0.4) is 0 Å². The Hall–Kier alpha value is -0.610. The van der Waals surface area contributed by atoms with E-state index in [0.29, 0.717) is 6.54 Å². The highest BCUT2D eigenvalue weighted by molar-refractivity contribution is 5.81. The lowest BCUT2D eigenvalue weighted by Crippen LogP contribution is -2.43. The highest BCUT2D eigenvalue weighted by Crippen LogP contribution is 2.10. The average molecular weight is 214 g/mol. The minimum atomic E-state index is -0.355. The fraction of sp³-hybridized carbons (Fsp3) is 0.909. The number of nitrogens with two attached hydrogens (primary N) is 1. The molecule has 1 fully saturated rings. The highest BCUT2D eigenvalue weighted by atomic mass is 16.5. The van der Waals surface area contributed by atoms with Crippen molar-refractivity contribution in [2.75, 3.05) is 13.2 Å². The van der Waals surface area contributed by atoms with Crippen molar-refractivity contribution in [3.8, 4) is 0 Å². The van der Waals surface area contributed by atoms with Gasteiger partial charge in [0.2, 0.25) is 5.91 Å². The standard InChI is InChI=1S/C11H22N2O2/c1-2-3-6-10(12)11(14)13-8-9-5-4-7-15-9/h9-10H,2-8,12H2,1H3,(H,13,14)/t9?,10-/m0/s1. The zero-order chi connectivity index (χ0) is 11.1. The topological polar surface area (TPSA) is 64.4 Å². The molecule has 1 heterocycles. The highest BCUT2D eigenvalue weighted by Gasteiger charge is 2.18. The molecule has 0 aromatic heterocycles. The van der Waals surface area contributed by atoms with E-state index in [1.165, 1.54) is 0 Å². The van der Waals surface area contributed by atoms with Crippen molar-refractivity contribution >= 4 is 5.91 Å². The van der Waals surface area contributed by atoms with Crippen molar-refractivity contribution < 1.29 is 9.53 Å². The fourth-order valence-corrected chi connectivity index (χ4v) is 1.71. The van der Waals surface area contributed by atoms with Gasteiger partial charge in [0.1, 0.15) is 0 Å². The summed E-state index contributed by atoms with van der Waals surface area (Å²) in [6, 6.07) is -0.355. The molecule has 0 aromatic rings. The van der Waals surface area contributed by atoms with Crippen LogP contribution in [0, 0.1) is 0 Å². The van der Waals surface area contributed by atoms with Crippen LogP contribution in [-0.2, 0) is 9.53 Å². The zero-order valence-corrected chi connectivity index (χ0v) is 9.50. The van der Waals surface area contributed by atoms with Gasteiger partial charge in [-0.05, 0) is 19.3 Å². The Labute approximate surface area is 91.5 Å². The molecule has 1 saturated heterocycles. The predicted molar refractivity (Wildman–Crippen MR) is 59.5 cm³/mol. The van der Waals surface area contributed by atoms with Gasteiger partial charge in [0.05, 0.1) is 12.1 Å². The van der Waals surface area contributed by atoms with Gasteiger partial charge in [-0.3, -0.25) is 4.79 Å². The largest absolute Gasteiger partial charge is 0.376 e. The molecule has 1 aliphatic rings. The number of hydrogen-bond donors (Lipinski definition) is 2. The Bertz CT molecular complexity index is 191. The normalized spacial score (nSPS) is 22.7. The van der Waals surface area contributed by atoms with E-state index in [-0.39, 0.29) is 18.1 Å². The maximum absolute atomic E-state index is 11.5. The van der Waals surface area contributed by atoms with Gasteiger partial charge in [0.25, 0.3) is 0 Å². The number of carbonyl (C=O) groups excluding carboxylic acids is 1. The lowest BCUT2D eigenvalue weighted by atomic mass is 10.1. The molecule has 0 radical (unpaired) electrons. The van der Waals surface area contributed by atoms with Gasteiger partial charge in [-0.25, -0.2) is 0 Å². The number of nitrogens with one attached hydrogen (secondary N) is 1. The van der Waals surface area contributed by atoms with Crippen LogP contribution in [0.2, 0.25) is 0 Å². The van der Waals surface area contributed by atoms with Crippen LogP contribution >= 0.6 is 0 Å². The summed E-state index contributed by atoms with van der Waals surface area (Å²) in [5.74, 6) is -0.0426. The molecule has 1 aliphatic heterocycles. The third-order valence-corrected chi connectivity index (χ3v) is 2.73. The van der Waals surface area contributed by atoms with E-state index in [1.807, 2.05) is 0 Å². The first-order chi connectivity index (χ1) is 7.24. The van der Waals surface area contributed by atoms with Gasteiger partial charge in [0.15, 0.2) is 0 Å². The van der Waals surface area contributed by atoms with Crippen LogP contribution in [0.1, 0.15) is 39.0 Å². The summed E-state index contributed by atoms with van der Waals surface area (Å²) in [7, 11) is 0. The van der Waals surface area contributed by atoms with Gasteiger partial charge >= 0.3 is 0 Å². The summed E-state index contributed by atoms with van der Waals surface area (Å²) in [5, 5.41) is 2.84. The zero-order valence-electron chi connectivity index (χ0n) is 9.50. The summed E-state index contributed by atoms with van der Waals surface area (Å²) in [5.41, 5.74) is 5.74. The second kappa shape index (κ2) is 6.80. The SMILES string of the molecule is CCCC[C@H](N)C(=O)NCC1CCCO1. The monoisotopic (exact) mass is 214 g/mol. The molecular formula is C11H22N2O2. The molecule has 3 N–H and O–H groups in total. The van der Waals surface area contributed by atoms with Crippen LogP contribution < -0.4 is 11.1 Å². The van der Waals surface area contributed by atoms with Crippen molar-refractivity contribution in [1.29, 1.82) is 0 Å². The minimum Gasteiger partial charge on any atom is -0.376 e. The number of unbranched alkanes of at least 4 members (excludes halogenated alkanes) is 1. The van der Waals surface area contributed by atoms with E-state index in [0.717, 1.165) is 38.7 Å².